The molecule has 1 aromatic carbocycles. The number of piperazine rings is 1. The van der Waals surface area contributed by atoms with E-state index in [-0.39, 0.29) is 36.6 Å². The number of hydrogen-bond acceptors (Lipinski definition) is 4. The molecule has 2 heterocycles. The summed E-state index contributed by atoms with van der Waals surface area (Å²) in [6.07, 6.45) is -3.69. The molecule has 11 heteroatoms. The molecule has 0 aliphatic carbocycles. The quantitative estimate of drug-likeness (QED) is 0.681. The van der Waals surface area contributed by atoms with Gasteiger partial charge in [0.15, 0.2) is 0 Å². The number of alkyl halides is 3. The summed E-state index contributed by atoms with van der Waals surface area (Å²) in [6.45, 7) is 0.448. The first kappa shape index (κ1) is 20.7. The van der Waals surface area contributed by atoms with Gasteiger partial charge in [-0.2, -0.15) is 17.5 Å². The average molecular weight is 478 g/mol. The lowest BCUT2D eigenvalue weighted by Crippen LogP contribution is -2.50. The fourth-order valence-electron chi connectivity index (χ4n) is 2.78. The highest BCUT2D eigenvalue weighted by atomic mass is 79.9. The molecule has 0 saturated carbocycles. The minimum Gasteiger partial charge on any atom is -0.336 e. The number of amides is 1. The summed E-state index contributed by atoms with van der Waals surface area (Å²) in [4.78, 5) is 17.3. The highest BCUT2D eigenvalue weighted by molar-refractivity contribution is 9.10. The van der Waals surface area contributed by atoms with Crippen molar-refractivity contribution in [3.8, 4) is 0 Å². The Bertz CT molecular complexity index is 973. The second kappa shape index (κ2) is 7.80. The van der Waals surface area contributed by atoms with Crippen molar-refractivity contribution < 1.29 is 26.4 Å². The first-order valence-electron chi connectivity index (χ1n) is 8.17. The van der Waals surface area contributed by atoms with Gasteiger partial charge in [0.05, 0.1) is 10.5 Å². The molecule has 1 fully saturated rings. The number of pyridine rings is 1. The molecule has 2 aromatic rings. The van der Waals surface area contributed by atoms with E-state index < -0.39 is 27.8 Å². The molecular formula is C17H15BrF3N3O3S. The van der Waals surface area contributed by atoms with Crippen LogP contribution in [0.25, 0.3) is 0 Å². The molecule has 150 valence electrons. The zero-order valence-corrected chi connectivity index (χ0v) is 16.8. The van der Waals surface area contributed by atoms with Crippen molar-refractivity contribution in [2.45, 2.75) is 11.1 Å². The molecule has 1 aliphatic heterocycles. The van der Waals surface area contributed by atoms with Crippen LogP contribution in [0.1, 0.15) is 16.1 Å². The van der Waals surface area contributed by atoms with E-state index >= 15 is 0 Å². The molecule has 0 spiro atoms. The predicted molar refractivity (Wildman–Crippen MR) is 98.0 cm³/mol. The highest BCUT2D eigenvalue weighted by Gasteiger charge is 2.33. The molecule has 0 atom stereocenters. The Morgan fingerprint density at radius 2 is 1.75 bits per heavy atom. The zero-order chi connectivity index (χ0) is 20.5. The summed E-state index contributed by atoms with van der Waals surface area (Å²) in [5.41, 5.74) is -1.05. The van der Waals surface area contributed by atoms with Gasteiger partial charge >= 0.3 is 6.18 Å². The lowest BCUT2D eigenvalue weighted by Gasteiger charge is -2.34. The van der Waals surface area contributed by atoms with Crippen molar-refractivity contribution in [1.29, 1.82) is 0 Å². The Morgan fingerprint density at radius 3 is 2.29 bits per heavy atom. The van der Waals surface area contributed by atoms with Gasteiger partial charge in [-0.1, -0.05) is 22.0 Å². The fraction of sp³-hybridized carbons (Fsp3) is 0.294. The van der Waals surface area contributed by atoms with Crippen LogP contribution in [-0.2, 0) is 16.2 Å². The molecule has 28 heavy (non-hydrogen) atoms. The van der Waals surface area contributed by atoms with E-state index in [9.17, 15) is 26.4 Å². The van der Waals surface area contributed by atoms with E-state index in [2.05, 4.69) is 20.9 Å². The lowest BCUT2D eigenvalue weighted by atomic mass is 10.2. The van der Waals surface area contributed by atoms with Gasteiger partial charge in [-0.05, 0) is 30.3 Å². The number of carbonyl (C=O) groups is 1. The van der Waals surface area contributed by atoms with Crippen LogP contribution < -0.4 is 0 Å². The molecule has 0 N–H and O–H groups in total. The van der Waals surface area contributed by atoms with E-state index in [1.807, 2.05) is 0 Å². The minimum atomic E-state index is -4.58. The summed E-state index contributed by atoms with van der Waals surface area (Å²) in [5.74, 6) is -0.485. The van der Waals surface area contributed by atoms with Gasteiger partial charge in [0.2, 0.25) is 10.0 Å². The number of benzene rings is 1. The maximum absolute atomic E-state index is 12.7. The molecule has 1 amide bonds. The second-order valence-electron chi connectivity index (χ2n) is 6.08. The number of aromatic nitrogens is 1. The topological polar surface area (TPSA) is 70.6 Å². The van der Waals surface area contributed by atoms with Crippen LogP contribution in [0.5, 0.6) is 0 Å². The van der Waals surface area contributed by atoms with Gasteiger partial charge in [0.1, 0.15) is 5.69 Å². The van der Waals surface area contributed by atoms with E-state index in [0.29, 0.717) is 4.47 Å². The summed E-state index contributed by atoms with van der Waals surface area (Å²) >= 11 is 3.24. The van der Waals surface area contributed by atoms with Gasteiger partial charge in [-0.3, -0.25) is 9.78 Å². The third kappa shape index (κ3) is 4.36. The Hall–Kier alpha value is -1.98. The minimum absolute atomic E-state index is 0.0243. The maximum atomic E-state index is 12.7. The third-order valence-electron chi connectivity index (χ3n) is 4.26. The van der Waals surface area contributed by atoms with Crippen molar-refractivity contribution >= 4 is 31.9 Å². The van der Waals surface area contributed by atoms with Crippen LogP contribution >= 0.6 is 15.9 Å². The van der Waals surface area contributed by atoms with E-state index in [1.165, 1.54) is 21.3 Å². The van der Waals surface area contributed by atoms with Crippen LogP contribution in [-0.4, -0.2) is 54.7 Å². The van der Waals surface area contributed by atoms with Crippen LogP contribution in [0.4, 0.5) is 13.2 Å². The summed E-state index contributed by atoms with van der Waals surface area (Å²) in [7, 11) is -3.69. The average Bonchev–Trinajstić information content (AvgIpc) is 2.67. The highest BCUT2D eigenvalue weighted by Crippen LogP contribution is 2.27. The van der Waals surface area contributed by atoms with Gasteiger partial charge in [0, 0.05) is 36.8 Å². The van der Waals surface area contributed by atoms with Crippen LogP contribution in [0.3, 0.4) is 0 Å². The molecule has 1 aliphatic rings. The Labute approximate surface area is 168 Å². The fourth-order valence-corrected chi connectivity index (χ4v) is 4.80. The van der Waals surface area contributed by atoms with Crippen molar-refractivity contribution in [1.82, 2.24) is 14.2 Å². The number of sulfonamides is 1. The standard InChI is InChI=1S/C17H15BrF3N3O3S/c18-13-2-1-3-14(10-13)28(26,27)24-8-6-23(7-9-24)16(25)12-4-5-15(22-11-12)17(19,20)21/h1-5,10-11H,6-9H2. The molecule has 0 unspecified atom stereocenters. The SMILES string of the molecule is O=C(c1ccc(C(F)(F)F)nc1)N1CCN(S(=O)(=O)c2cccc(Br)c2)CC1. The van der Waals surface area contributed by atoms with Crippen LogP contribution in [0.15, 0.2) is 52.0 Å². The second-order valence-corrected chi connectivity index (χ2v) is 8.94. The van der Waals surface area contributed by atoms with Crippen LogP contribution in [0, 0.1) is 0 Å². The first-order chi connectivity index (χ1) is 13.1. The van der Waals surface area contributed by atoms with E-state index in [0.717, 1.165) is 18.3 Å². The maximum Gasteiger partial charge on any atom is 0.433 e. The van der Waals surface area contributed by atoms with Crippen molar-refractivity contribution in [3.05, 3.63) is 58.3 Å². The molecule has 0 bridgehead atoms. The summed E-state index contributed by atoms with van der Waals surface area (Å²) in [5, 5.41) is 0. The number of nitrogens with zero attached hydrogens (tertiary/aromatic N) is 3. The normalized spacial score (nSPS) is 16.2. The van der Waals surface area contributed by atoms with E-state index in [1.54, 1.807) is 12.1 Å². The van der Waals surface area contributed by atoms with Crippen molar-refractivity contribution in [2.24, 2.45) is 0 Å². The molecule has 1 saturated heterocycles. The largest absolute Gasteiger partial charge is 0.433 e. The molecular weight excluding hydrogens is 463 g/mol. The number of hydrogen-bond donors (Lipinski definition) is 0. The first-order valence-corrected chi connectivity index (χ1v) is 10.4. The van der Waals surface area contributed by atoms with Gasteiger partial charge in [-0.15, -0.1) is 0 Å². The Balaban J connectivity index is 1.67. The number of halogens is 4. The predicted octanol–water partition coefficient (Wildman–Crippen LogP) is 3.01. The molecule has 3 rings (SSSR count). The molecule has 0 radical (unpaired) electrons. The Kier molecular flexibility index (Phi) is 5.78. The smallest absolute Gasteiger partial charge is 0.336 e. The monoisotopic (exact) mass is 477 g/mol. The molecule has 6 nitrogen and oxygen atoms in total. The summed E-state index contributed by atoms with van der Waals surface area (Å²) < 4.78 is 65.0. The number of carbonyl (C=O) groups excluding carboxylic acids is 1. The summed E-state index contributed by atoms with van der Waals surface area (Å²) in [6, 6.07) is 8.15. The zero-order valence-electron chi connectivity index (χ0n) is 14.4. The molecule has 1 aromatic heterocycles. The third-order valence-corrected chi connectivity index (χ3v) is 6.65. The van der Waals surface area contributed by atoms with Gasteiger partial charge < -0.3 is 4.90 Å². The lowest BCUT2D eigenvalue weighted by molar-refractivity contribution is -0.141. The van der Waals surface area contributed by atoms with Gasteiger partial charge in [-0.25, -0.2) is 8.42 Å². The van der Waals surface area contributed by atoms with Crippen molar-refractivity contribution in [2.75, 3.05) is 26.2 Å². The number of rotatable bonds is 3. The van der Waals surface area contributed by atoms with Crippen molar-refractivity contribution in [3.63, 3.8) is 0 Å². The Morgan fingerprint density at radius 1 is 1.07 bits per heavy atom. The van der Waals surface area contributed by atoms with E-state index in [4.69, 9.17) is 0 Å². The van der Waals surface area contributed by atoms with Gasteiger partial charge in [0.25, 0.3) is 5.91 Å². The van der Waals surface area contributed by atoms with Crippen LogP contribution in [0.2, 0.25) is 0 Å².